The lowest BCUT2D eigenvalue weighted by Gasteiger charge is -2.01. The lowest BCUT2D eigenvalue weighted by molar-refractivity contribution is 0.361. The number of hydrogen-bond acceptors (Lipinski definition) is 3. The largest absolute Gasteiger partial charge is 0.488 e. The smallest absolute Gasteiger partial charge is 0.139 e. The van der Waals surface area contributed by atoms with Crippen molar-refractivity contribution in [1.82, 2.24) is 4.98 Å². The number of hydrogen-bond donors (Lipinski definition) is 1. The Hall–Kier alpha value is -1.06. The Morgan fingerprint density at radius 2 is 2.31 bits per heavy atom. The van der Waals surface area contributed by atoms with Gasteiger partial charge in [-0.1, -0.05) is 23.8 Å². The molecule has 1 rings (SSSR count). The van der Waals surface area contributed by atoms with Crippen LogP contribution in [0, 0.1) is 0 Å². The van der Waals surface area contributed by atoms with E-state index in [1.165, 1.54) is 0 Å². The van der Waals surface area contributed by atoms with Crippen LogP contribution in [0.5, 0.6) is 5.75 Å². The van der Waals surface area contributed by atoms with Crippen molar-refractivity contribution in [2.24, 2.45) is 5.73 Å². The molecule has 0 aromatic carbocycles. The molecule has 0 unspecified atom stereocenters. The van der Waals surface area contributed by atoms with Gasteiger partial charge in [0.25, 0.3) is 0 Å². The van der Waals surface area contributed by atoms with E-state index in [1.807, 2.05) is 12.2 Å². The molecule has 1 heterocycles. The summed E-state index contributed by atoms with van der Waals surface area (Å²) in [6.07, 6.45) is 6.85. The lowest BCUT2D eigenvalue weighted by Crippen LogP contribution is -1.97. The van der Waals surface area contributed by atoms with Gasteiger partial charge in [0.05, 0.1) is 11.2 Å². The highest BCUT2D eigenvalue weighted by molar-refractivity contribution is 6.30. The highest BCUT2D eigenvalue weighted by atomic mass is 35.5. The summed E-state index contributed by atoms with van der Waals surface area (Å²) in [5.41, 5.74) is 5.26. The van der Waals surface area contributed by atoms with E-state index in [0.29, 0.717) is 23.9 Å². The second kappa shape index (κ2) is 5.56. The highest BCUT2D eigenvalue weighted by Crippen LogP contribution is 2.14. The molecule has 1 aromatic rings. The van der Waals surface area contributed by atoms with Crippen LogP contribution in [0.15, 0.2) is 30.6 Å². The SMILES string of the molecule is NCC=CCOc1cncc(Cl)c1. The summed E-state index contributed by atoms with van der Waals surface area (Å²) in [7, 11) is 0. The molecular formula is C9H11ClN2O. The molecule has 0 saturated carbocycles. The first-order chi connectivity index (χ1) is 6.33. The number of rotatable bonds is 4. The summed E-state index contributed by atoms with van der Waals surface area (Å²) in [4.78, 5) is 3.88. The van der Waals surface area contributed by atoms with Crippen LogP contribution >= 0.6 is 11.6 Å². The van der Waals surface area contributed by atoms with Gasteiger partial charge in [-0.3, -0.25) is 4.98 Å². The van der Waals surface area contributed by atoms with E-state index in [9.17, 15) is 0 Å². The average molecular weight is 199 g/mol. The first kappa shape index (κ1) is 10.0. The third kappa shape index (κ3) is 3.92. The van der Waals surface area contributed by atoms with E-state index < -0.39 is 0 Å². The van der Waals surface area contributed by atoms with Crippen LogP contribution in [0.1, 0.15) is 0 Å². The van der Waals surface area contributed by atoms with Crippen molar-refractivity contribution >= 4 is 11.6 Å². The zero-order chi connectivity index (χ0) is 9.52. The predicted molar refractivity (Wildman–Crippen MR) is 52.9 cm³/mol. The maximum Gasteiger partial charge on any atom is 0.139 e. The van der Waals surface area contributed by atoms with Crippen molar-refractivity contribution in [3.8, 4) is 5.75 Å². The molecule has 0 bridgehead atoms. The Bertz CT molecular complexity index is 289. The van der Waals surface area contributed by atoms with Crippen LogP contribution in [-0.4, -0.2) is 18.1 Å². The quantitative estimate of drug-likeness (QED) is 0.749. The molecular weight excluding hydrogens is 188 g/mol. The molecule has 0 spiro atoms. The number of ether oxygens (including phenoxy) is 1. The van der Waals surface area contributed by atoms with E-state index in [4.69, 9.17) is 22.1 Å². The van der Waals surface area contributed by atoms with Gasteiger partial charge in [0.1, 0.15) is 12.4 Å². The Morgan fingerprint density at radius 3 is 3.00 bits per heavy atom. The zero-order valence-electron chi connectivity index (χ0n) is 7.11. The molecule has 0 amide bonds. The molecule has 0 atom stereocenters. The van der Waals surface area contributed by atoms with Gasteiger partial charge in [-0.25, -0.2) is 0 Å². The molecule has 0 aliphatic carbocycles. The average Bonchev–Trinajstić information content (AvgIpc) is 2.13. The Labute approximate surface area is 82.2 Å². The molecule has 0 aliphatic heterocycles. The highest BCUT2D eigenvalue weighted by Gasteiger charge is 1.92. The third-order valence-electron chi connectivity index (χ3n) is 1.33. The number of aromatic nitrogens is 1. The first-order valence-corrected chi connectivity index (χ1v) is 4.29. The van der Waals surface area contributed by atoms with Gasteiger partial charge in [-0.15, -0.1) is 0 Å². The molecule has 3 nitrogen and oxygen atoms in total. The first-order valence-electron chi connectivity index (χ1n) is 3.91. The van der Waals surface area contributed by atoms with E-state index in [1.54, 1.807) is 18.5 Å². The molecule has 13 heavy (non-hydrogen) atoms. The monoisotopic (exact) mass is 198 g/mol. The summed E-state index contributed by atoms with van der Waals surface area (Å²) >= 11 is 5.70. The second-order valence-corrected chi connectivity index (χ2v) is 2.79. The standard InChI is InChI=1S/C9H11ClN2O/c10-8-5-9(7-12-6-8)13-4-2-1-3-11/h1-2,5-7H,3-4,11H2. The summed E-state index contributed by atoms with van der Waals surface area (Å²) in [6.45, 7) is 1.01. The fraction of sp³-hybridized carbons (Fsp3) is 0.222. The van der Waals surface area contributed by atoms with Crippen molar-refractivity contribution in [3.63, 3.8) is 0 Å². The van der Waals surface area contributed by atoms with Gasteiger partial charge in [0, 0.05) is 18.8 Å². The Morgan fingerprint density at radius 1 is 1.46 bits per heavy atom. The van der Waals surface area contributed by atoms with Gasteiger partial charge in [-0.05, 0) is 0 Å². The van der Waals surface area contributed by atoms with Crippen molar-refractivity contribution < 1.29 is 4.74 Å². The minimum atomic E-state index is 0.485. The van der Waals surface area contributed by atoms with E-state index in [2.05, 4.69) is 4.98 Å². The van der Waals surface area contributed by atoms with Crippen LogP contribution in [0.3, 0.4) is 0 Å². The Kier molecular flexibility index (Phi) is 4.29. The molecule has 1 aromatic heterocycles. The number of halogens is 1. The zero-order valence-corrected chi connectivity index (χ0v) is 7.87. The fourth-order valence-corrected chi connectivity index (χ4v) is 0.944. The van der Waals surface area contributed by atoms with Crippen LogP contribution in [-0.2, 0) is 0 Å². The van der Waals surface area contributed by atoms with Crippen molar-refractivity contribution in [2.45, 2.75) is 0 Å². The minimum Gasteiger partial charge on any atom is -0.488 e. The number of nitrogens with zero attached hydrogens (tertiary/aromatic N) is 1. The normalized spacial score (nSPS) is 10.6. The summed E-state index contributed by atoms with van der Waals surface area (Å²) < 4.78 is 5.30. The van der Waals surface area contributed by atoms with Crippen LogP contribution in [0.4, 0.5) is 0 Å². The maximum absolute atomic E-state index is 5.70. The maximum atomic E-state index is 5.70. The van der Waals surface area contributed by atoms with Crippen molar-refractivity contribution in [3.05, 3.63) is 35.6 Å². The van der Waals surface area contributed by atoms with Gasteiger partial charge in [-0.2, -0.15) is 0 Å². The summed E-state index contributed by atoms with van der Waals surface area (Å²) in [5, 5.41) is 0.570. The molecule has 0 saturated heterocycles. The van der Waals surface area contributed by atoms with Crippen molar-refractivity contribution in [1.29, 1.82) is 0 Å². The molecule has 70 valence electrons. The van der Waals surface area contributed by atoms with E-state index in [0.717, 1.165) is 0 Å². The number of nitrogens with two attached hydrogens (primary N) is 1. The molecule has 4 heteroatoms. The molecule has 0 fully saturated rings. The summed E-state index contributed by atoms with van der Waals surface area (Å²) in [5.74, 6) is 0.661. The predicted octanol–water partition coefficient (Wildman–Crippen LogP) is 1.63. The molecule has 2 N–H and O–H groups in total. The second-order valence-electron chi connectivity index (χ2n) is 2.36. The fourth-order valence-electron chi connectivity index (χ4n) is 0.780. The van der Waals surface area contributed by atoms with Crippen LogP contribution in [0.2, 0.25) is 5.02 Å². The Balaban J connectivity index is 2.41. The van der Waals surface area contributed by atoms with Gasteiger partial charge >= 0.3 is 0 Å². The van der Waals surface area contributed by atoms with Gasteiger partial charge in [0.15, 0.2) is 0 Å². The van der Waals surface area contributed by atoms with Crippen molar-refractivity contribution in [2.75, 3.05) is 13.2 Å². The van der Waals surface area contributed by atoms with Gasteiger partial charge < -0.3 is 10.5 Å². The third-order valence-corrected chi connectivity index (χ3v) is 1.54. The number of pyridine rings is 1. The van der Waals surface area contributed by atoms with E-state index >= 15 is 0 Å². The minimum absolute atomic E-state index is 0.485. The summed E-state index contributed by atoms with van der Waals surface area (Å²) in [6, 6.07) is 1.71. The van der Waals surface area contributed by atoms with Gasteiger partial charge in [0.2, 0.25) is 0 Å². The lowest BCUT2D eigenvalue weighted by atomic mass is 10.4. The van der Waals surface area contributed by atoms with Crippen LogP contribution < -0.4 is 10.5 Å². The molecule has 0 radical (unpaired) electrons. The topological polar surface area (TPSA) is 48.1 Å². The van der Waals surface area contributed by atoms with Crippen LogP contribution in [0.25, 0.3) is 0 Å². The molecule has 0 aliphatic rings. The van der Waals surface area contributed by atoms with E-state index in [-0.39, 0.29) is 0 Å².